The molecule has 0 fully saturated rings. The maximum absolute atomic E-state index is 5.98. The lowest BCUT2D eigenvalue weighted by atomic mass is 10.1. The fraction of sp³-hybridized carbons (Fsp3) is 0.136. The second kappa shape index (κ2) is 8.93. The molecule has 0 radical (unpaired) electrons. The van der Waals surface area contributed by atoms with E-state index in [1.54, 1.807) is 16.8 Å². The van der Waals surface area contributed by atoms with E-state index in [1.807, 2.05) is 69.3 Å². The molecule has 31 heavy (non-hydrogen) atoms. The first-order valence-corrected chi connectivity index (χ1v) is 10.0. The highest BCUT2D eigenvalue weighted by molar-refractivity contribution is 6.30. The smallest absolute Gasteiger partial charge is 0.257 e. The summed E-state index contributed by atoms with van der Waals surface area (Å²) >= 11 is 5.98. The molecule has 2 N–H and O–H groups in total. The van der Waals surface area contributed by atoms with E-state index < -0.39 is 0 Å². The fourth-order valence-corrected chi connectivity index (χ4v) is 3.06. The van der Waals surface area contributed by atoms with Crippen LogP contribution in [-0.4, -0.2) is 30.4 Å². The second-order valence-electron chi connectivity index (χ2n) is 6.93. The van der Waals surface area contributed by atoms with Crippen molar-refractivity contribution in [2.75, 3.05) is 10.7 Å². The Kier molecular flexibility index (Phi) is 5.90. The van der Waals surface area contributed by atoms with Crippen LogP contribution in [0.1, 0.15) is 23.9 Å². The van der Waals surface area contributed by atoms with Crippen molar-refractivity contribution in [1.29, 1.82) is 0 Å². The Morgan fingerprint density at radius 2 is 1.65 bits per heavy atom. The molecule has 0 bridgehead atoms. The number of benzene rings is 2. The summed E-state index contributed by atoms with van der Waals surface area (Å²) < 4.78 is 1.67. The normalized spacial score (nSPS) is 11.4. The molecule has 2 aromatic carbocycles. The highest BCUT2D eigenvalue weighted by Crippen LogP contribution is 2.19. The topological polar surface area (TPSA) is 92.9 Å². The molecule has 0 aliphatic rings. The molecule has 0 atom stereocenters. The predicted octanol–water partition coefficient (Wildman–Crippen LogP) is 4.91. The van der Waals surface area contributed by atoms with Crippen LogP contribution in [0.3, 0.4) is 0 Å². The number of nitrogens with one attached hydrogen (secondary N) is 2. The van der Waals surface area contributed by atoms with Crippen molar-refractivity contribution in [3.05, 3.63) is 82.6 Å². The van der Waals surface area contributed by atoms with Gasteiger partial charge in [-0.3, -0.25) is 0 Å². The van der Waals surface area contributed by atoms with E-state index in [1.165, 1.54) is 0 Å². The lowest BCUT2D eigenvalue weighted by Crippen LogP contribution is -2.11. The van der Waals surface area contributed by atoms with Crippen molar-refractivity contribution >= 4 is 34.9 Å². The summed E-state index contributed by atoms with van der Waals surface area (Å²) in [4.78, 5) is 13.5. The first kappa shape index (κ1) is 20.5. The molecule has 156 valence electrons. The summed E-state index contributed by atoms with van der Waals surface area (Å²) in [6.07, 6.45) is 0. The minimum Gasteiger partial charge on any atom is -0.324 e. The van der Waals surface area contributed by atoms with Gasteiger partial charge in [0.05, 0.1) is 11.4 Å². The Morgan fingerprint density at radius 3 is 2.32 bits per heavy atom. The predicted molar refractivity (Wildman–Crippen MR) is 123 cm³/mol. The van der Waals surface area contributed by atoms with Gasteiger partial charge in [0.2, 0.25) is 11.9 Å². The summed E-state index contributed by atoms with van der Waals surface area (Å²) in [5, 5.41) is 12.7. The third-order valence-corrected chi connectivity index (χ3v) is 4.69. The summed E-state index contributed by atoms with van der Waals surface area (Å²) in [7, 11) is 0. The minimum absolute atomic E-state index is 0.296. The molecule has 0 aliphatic heterocycles. The summed E-state index contributed by atoms with van der Waals surface area (Å²) in [6.45, 7) is 5.78. The first-order valence-electron chi connectivity index (χ1n) is 9.66. The molecular weight excluding hydrogens is 412 g/mol. The quantitative estimate of drug-likeness (QED) is 0.332. The maximum atomic E-state index is 5.98. The average molecular weight is 433 g/mol. The van der Waals surface area contributed by atoms with Crippen molar-refractivity contribution in [3.8, 4) is 5.95 Å². The van der Waals surface area contributed by atoms with Gasteiger partial charge < -0.3 is 5.32 Å². The van der Waals surface area contributed by atoms with Crippen LogP contribution in [0.25, 0.3) is 5.95 Å². The van der Waals surface area contributed by atoms with E-state index in [-0.39, 0.29) is 0 Å². The fourth-order valence-electron chi connectivity index (χ4n) is 2.94. The number of hydrogen-bond acceptors (Lipinski definition) is 7. The maximum Gasteiger partial charge on any atom is 0.257 e. The lowest BCUT2D eigenvalue weighted by Gasteiger charge is -2.10. The van der Waals surface area contributed by atoms with Crippen LogP contribution < -0.4 is 10.7 Å². The van der Waals surface area contributed by atoms with Crippen molar-refractivity contribution in [1.82, 2.24) is 24.7 Å². The van der Waals surface area contributed by atoms with Gasteiger partial charge in [-0.25, -0.2) is 10.1 Å². The zero-order valence-corrected chi connectivity index (χ0v) is 18.1. The molecule has 0 unspecified atom stereocenters. The van der Waals surface area contributed by atoms with Gasteiger partial charge in [0.15, 0.2) is 0 Å². The number of nitrogens with zero attached hydrogens (tertiary/aromatic N) is 6. The second-order valence-corrected chi connectivity index (χ2v) is 7.36. The van der Waals surface area contributed by atoms with Crippen molar-refractivity contribution in [2.45, 2.75) is 20.8 Å². The zero-order chi connectivity index (χ0) is 21.8. The largest absolute Gasteiger partial charge is 0.324 e. The van der Waals surface area contributed by atoms with Gasteiger partial charge in [-0.2, -0.15) is 25.2 Å². The van der Waals surface area contributed by atoms with Gasteiger partial charge in [0.1, 0.15) is 0 Å². The molecule has 8 nitrogen and oxygen atoms in total. The average Bonchev–Trinajstić information content (AvgIpc) is 3.12. The summed E-state index contributed by atoms with van der Waals surface area (Å²) in [5.74, 6) is 1.03. The number of halogens is 1. The van der Waals surface area contributed by atoms with E-state index in [0.717, 1.165) is 28.4 Å². The first-order chi connectivity index (χ1) is 15.0. The molecule has 0 aliphatic carbocycles. The van der Waals surface area contributed by atoms with Gasteiger partial charge in [-0.1, -0.05) is 41.9 Å². The van der Waals surface area contributed by atoms with Gasteiger partial charge >= 0.3 is 0 Å². The van der Waals surface area contributed by atoms with Gasteiger partial charge in [-0.15, -0.1) is 0 Å². The molecule has 2 heterocycles. The van der Waals surface area contributed by atoms with Crippen LogP contribution in [-0.2, 0) is 0 Å². The van der Waals surface area contributed by atoms with Gasteiger partial charge in [-0.05, 0) is 56.7 Å². The molecular formula is C22H21ClN8. The zero-order valence-electron chi connectivity index (χ0n) is 17.3. The summed E-state index contributed by atoms with van der Waals surface area (Å²) in [5.41, 5.74) is 7.33. The number of anilines is 3. The SMILES string of the molecule is C/C(=N/Nc1nc(Nc2ccc(Cl)cc2)nc(-n2nc(C)cc2C)n1)c1ccccc1. The van der Waals surface area contributed by atoms with Crippen LogP contribution >= 0.6 is 11.6 Å². The molecule has 0 amide bonds. The molecule has 2 aromatic heterocycles. The molecule has 0 spiro atoms. The van der Waals surface area contributed by atoms with E-state index in [4.69, 9.17) is 11.6 Å². The molecule has 0 saturated carbocycles. The molecule has 9 heteroatoms. The number of hydrogen-bond donors (Lipinski definition) is 2. The van der Waals surface area contributed by atoms with E-state index >= 15 is 0 Å². The van der Waals surface area contributed by atoms with Crippen LogP contribution in [0.4, 0.5) is 17.6 Å². The van der Waals surface area contributed by atoms with E-state index in [0.29, 0.717) is 22.9 Å². The Bertz CT molecular complexity index is 1220. The highest BCUT2D eigenvalue weighted by Gasteiger charge is 2.12. The Hall–Kier alpha value is -3.78. The van der Waals surface area contributed by atoms with Gasteiger partial charge in [0, 0.05) is 16.4 Å². The monoisotopic (exact) mass is 432 g/mol. The third-order valence-electron chi connectivity index (χ3n) is 4.44. The van der Waals surface area contributed by atoms with Gasteiger partial charge in [0.25, 0.3) is 5.95 Å². The minimum atomic E-state index is 0.296. The molecule has 4 rings (SSSR count). The lowest BCUT2D eigenvalue weighted by molar-refractivity contribution is 0.767. The number of hydrazone groups is 1. The Balaban J connectivity index is 1.68. The molecule has 0 saturated heterocycles. The van der Waals surface area contributed by atoms with Crippen molar-refractivity contribution in [2.24, 2.45) is 5.10 Å². The standard InChI is InChI=1S/C22H21ClN8/c1-14-13-15(2)31(30-14)22-26-20(24-19-11-9-18(23)10-12-19)25-21(27-22)29-28-16(3)17-7-5-4-6-8-17/h4-13H,1-3H3,(H2,24,25,26,27,29)/b28-16-. The van der Waals surface area contributed by atoms with Crippen molar-refractivity contribution in [3.63, 3.8) is 0 Å². The Morgan fingerprint density at radius 1 is 0.935 bits per heavy atom. The highest BCUT2D eigenvalue weighted by atomic mass is 35.5. The van der Waals surface area contributed by atoms with Crippen LogP contribution in [0.15, 0.2) is 65.8 Å². The number of aromatic nitrogens is 5. The van der Waals surface area contributed by atoms with E-state index in [2.05, 4.69) is 35.9 Å². The van der Waals surface area contributed by atoms with Crippen LogP contribution in [0.2, 0.25) is 5.02 Å². The summed E-state index contributed by atoms with van der Waals surface area (Å²) in [6, 6.07) is 19.1. The molecule has 4 aromatic rings. The van der Waals surface area contributed by atoms with E-state index in [9.17, 15) is 0 Å². The van der Waals surface area contributed by atoms with Crippen LogP contribution in [0, 0.1) is 13.8 Å². The third kappa shape index (κ3) is 5.04. The van der Waals surface area contributed by atoms with Crippen LogP contribution in [0.5, 0.6) is 0 Å². The number of rotatable bonds is 6. The number of aryl methyl sites for hydroxylation is 2. The van der Waals surface area contributed by atoms with Crippen molar-refractivity contribution < 1.29 is 0 Å². The Labute approximate surface area is 185 Å².